The summed E-state index contributed by atoms with van der Waals surface area (Å²) >= 11 is 0. The van der Waals surface area contributed by atoms with Gasteiger partial charge in [0, 0.05) is 40.6 Å². The van der Waals surface area contributed by atoms with E-state index in [-0.39, 0.29) is 11.6 Å². The number of nitrogens with zero attached hydrogens (tertiary/aromatic N) is 3. The van der Waals surface area contributed by atoms with Crippen molar-refractivity contribution in [2.24, 2.45) is 5.73 Å². The van der Waals surface area contributed by atoms with Crippen molar-refractivity contribution in [3.63, 3.8) is 0 Å². The van der Waals surface area contributed by atoms with Crippen LogP contribution in [0.25, 0.3) is 22.2 Å². The van der Waals surface area contributed by atoms with Crippen LogP contribution in [0.15, 0.2) is 60.6 Å². The van der Waals surface area contributed by atoms with Gasteiger partial charge in [0.05, 0.1) is 11.2 Å². The molecule has 1 aromatic carbocycles. The van der Waals surface area contributed by atoms with Gasteiger partial charge in [-0.25, -0.2) is 9.97 Å². The van der Waals surface area contributed by atoms with E-state index in [4.69, 9.17) is 10.7 Å². The molecule has 0 saturated carbocycles. The lowest BCUT2D eigenvalue weighted by Crippen LogP contribution is -2.57. The molecule has 0 bridgehead atoms. The topological polar surface area (TPSA) is 94.9 Å². The van der Waals surface area contributed by atoms with Gasteiger partial charge in [0.25, 0.3) is 0 Å². The molecule has 4 rings (SSSR count). The first-order valence-electron chi connectivity index (χ1n) is 10.6. The highest BCUT2D eigenvalue weighted by Crippen LogP contribution is 2.30. The lowest BCUT2D eigenvalue weighted by atomic mass is 9.83. The summed E-state index contributed by atoms with van der Waals surface area (Å²) in [6, 6.07) is 8.05. The van der Waals surface area contributed by atoms with Gasteiger partial charge in [-0.1, -0.05) is 24.3 Å². The fourth-order valence-electron chi connectivity index (χ4n) is 4.08. The number of aryl methyl sites for hydroxylation is 1. The zero-order valence-electron chi connectivity index (χ0n) is 18.6. The Bertz CT molecular complexity index is 1130. The number of fused-ring (bicyclic) bond motifs is 1. The van der Waals surface area contributed by atoms with Gasteiger partial charge in [-0.15, -0.1) is 0 Å². The Morgan fingerprint density at radius 1 is 1.26 bits per heavy atom. The van der Waals surface area contributed by atoms with Gasteiger partial charge in [0.2, 0.25) is 5.95 Å². The van der Waals surface area contributed by atoms with Gasteiger partial charge < -0.3 is 26.3 Å². The van der Waals surface area contributed by atoms with E-state index >= 15 is 0 Å². The summed E-state index contributed by atoms with van der Waals surface area (Å²) in [4.78, 5) is 14.7. The minimum Gasteiger partial charge on any atom is -0.360 e. The summed E-state index contributed by atoms with van der Waals surface area (Å²) in [5, 5.41) is 7.89. The summed E-state index contributed by atoms with van der Waals surface area (Å²) in [5.74, 6) is 0.549. The van der Waals surface area contributed by atoms with Crippen molar-refractivity contribution in [3.05, 3.63) is 66.1 Å². The maximum atomic E-state index is 6.54. The van der Waals surface area contributed by atoms with Crippen LogP contribution in [0.1, 0.15) is 12.0 Å². The Morgan fingerprint density at radius 3 is 2.84 bits per heavy atom. The average molecular weight is 418 g/mol. The van der Waals surface area contributed by atoms with Crippen molar-refractivity contribution < 1.29 is 0 Å². The van der Waals surface area contributed by atoms with Gasteiger partial charge in [-0.3, -0.25) is 0 Å². The predicted octanol–water partition coefficient (Wildman–Crippen LogP) is 3.04. The van der Waals surface area contributed by atoms with E-state index in [1.807, 2.05) is 25.4 Å². The number of para-hydroxylation sites is 1. The predicted molar refractivity (Wildman–Crippen MR) is 128 cm³/mol. The number of anilines is 1. The van der Waals surface area contributed by atoms with Crippen LogP contribution >= 0.6 is 0 Å². The lowest BCUT2D eigenvalue weighted by molar-refractivity contribution is 0.300. The molecule has 2 aromatic heterocycles. The van der Waals surface area contributed by atoms with Crippen molar-refractivity contribution in [3.8, 4) is 11.3 Å². The third-order valence-corrected chi connectivity index (χ3v) is 6.06. The summed E-state index contributed by atoms with van der Waals surface area (Å²) in [5.41, 5.74) is 11.5. The standard InChI is InChI=1S/C24H31N7/c1-16-6-5-7-18-19(15-28-22(16)18)20-9-12-27-23(30-20)29-17-8-10-24(26-2,21(25)14-17)11-13-31(3)4/h5-10,12,14-15,21,26,28H,11,13,25H2,1-4H3,(H,27,29,30). The largest absolute Gasteiger partial charge is 0.360 e. The first kappa shape index (κ1) is 21.2. The van der Waals surface area contributed by atoms with Gasteiger partial charge in [0.15, 0.2) is 0 Å². The lowest BCUT2D eigenvalue weighted by Gasteiger charge is -2.38. The first-order valence-corrected chi connectivity index (χ1v) is 10.6. The van der Waals surface area contributed by atoms with Crippen LogP contribution in [0.5, 0.6) is 0 Å². The molecule has 2 atom stereocenters. The van der Waals surface area contributed by atoms with Crippen LogP contribution < -0.4 is 16.4 Å². The third-order valence-electron chi connectivity index (χ3n) is 6.06. The number of hydrogen-bond donors (Lipinski definition) is 4. The van der Waals surface area contributed by atoms with Crippen LogP contribution in [-0.2, 0) is 0 Å². The van der Waals surface area contributed by atoms with Crippen LogP contribution in [0.2, 0.25) is 0 Å². The fourth-order valence-corrected chi connectivity index (χ4v) is 4.08. The van der Waals surface area contributed by atoms with Crippen LogP contribution in [0.3, 0.4) is 0 Å². The molecule has 31 heavy (non-hydrogen) atoms. The number of H-pyrrole nitrogens is 1. The van der Waals surface area contributed by atoms with Crippen LogP contribution in [-0.4, -0.2) is 59.1 Å². The number of aromatic amines is 1. The molecular formula is C24H31N7. The summed E-state index contributed by atoms with van der Waals surface area (Å²) in [6.07, 6.45) is 10.9. The Morgan fingerprint density at radius 2 is 2.10 bits per heavy atom. The van der Waals surface area contributed by atoms with Gasteiger partial charge in [-0.2, -0.15) is 0 Å². The molecule has 1 aliphatic carbocycles. The maximum absolute atomic E-state index is 6.54. The zero-order valence-corrected chi connectivity index (χ0v) is 18.6. The quantitative estimate of drug-likeness (QED) is 0.472. The second-order valence-electron chi connectivity index (χ2n) is 8.42. The number of aromatic nitrogens is 3. The van der Waals surface area contributed by atoms with Crippen molar-refractivity contribution in [2.75, 3.05) is 33.0 Å². The van der Waals surface area contributed by atoms with Crippen molar-refractivity contribution in [1.82, 2.24) is 25.2 Å². The van der Waals surface area contributed by atoms with Gasteiger partial charge in [-0.05, 0) is 64.8 Å². The number of benzene rings is 1. The normalized spacial score (nSPS) is 21.0. The summed E-state index contributed by atoms with van der Waals surface area (Å²) in [7, 11) is 6.11. The number of allylic oxidation sites excluding steroid dienone is 1. The number of nitrogens with two attached hydrogens (primary N) is 1. The highest BCUT2D eigenvalue weighted by atomic mass is 15.1. The number of likely N-dealkylation sites (N-methyl/N-ethyl adjacent to an activating group) is 1. The second-order valence-corrected chi connectivity index (χ2v) is 8.42. The second kappa shape index (κ2) is 8.63. The van der Waals surface area contributed by atoms with E-state index in [9.17, 15) is 0 Å². The molecule has 7 heteroatoms. The monoisotopic (exact) mass is 417 g/mol. The maximum Gasteiger partial charge on any atom is 0.227 e. The molecule has 0 amide bonds. The molecule has 162 valence electrons. The fraction of sp³-hybridized carbons (Fsp3) is 0.333. The minimum absolute atomic E-state index is 0.162. The number of hydrogen-bond acceptors (Lipinski definition) is 6. The number of rotatable bonds is 7. The molecule has 0 saturated heterocycles. The Balaban J connectivity index is 1.55. The molecule has 0 fully saturated rings. The van der Waals surface area contributed by atoms with E-state index in [0.29, 0.717) is 5.95 Å². The summed E-state index contributed by atoms with van der Waals surface area (Å²) in [6.45, 7) is 3.05. The van der Waals surface area contributed by atoms with E-state index in [1.165, 1.54) is 5.56 Å². The first-order chi connectivity index (χ1) is 14.9. The van der Waals surface area contributed by atoms with Crippen LogP contribution in [0.4, 0.5) is 5.95 Å². The molecule has 3 aromatic rings. The Kier molecular flexibility index (Phi) is 5.91. The smallest absolute Gasteiger partial charge is 0.227 e. The van der Waals surface area contributed by atoms with E-state index in [2.05, 4.69) is 76.9 Å². The van der Waals surface area contributed by atoms with E-state index in [0.717, 1.165) is 40.8 Å². The van der Waals surface area contributed by atoms with E-state index < -0.39 is 0 Å². The molecule has 0 aliphatic heterocycles. The van der Waals surface area contributed by atoms with E-state index in [1.54, 1.807) is 6.20 Å². The Labute approximate surface area is 183 Å². The third kappa shape index (κ3) is 4.25. The van der Waals surface area contributed by atoms with Crippen molar-refractivity contribution in [2.45, 2.75) is 24.9 Å². The highest BCUT2D eigenvalue weighted by Gasteiger charge is 2.33. The van der Waals surface area contributed by atoms with Gasteiger partial charge in [0.1, 0.15) is 0 Å². The minimum atomic E-state index is -0.264. The van der Waals surface area contributed by atoms with Crippen molar-refractivity contribution in [1.29, 1.82) is 0 Å². The molecule has 2 heterocycles. The molecular weight excluding hydrogens is 386 g/mol. The zero-order chi connectivity index (χ0) is 22.0. The molecule has 0 spiro atoms. The highest BCUT2D eigenvalue weighted by molar-refractivity contribution is 5.96. The van der Waals surface area contributed by atoms with Crippen molar-refractivity contribution >= 4 is 16.9 Å². The number of nitrogens with one attached hydrogen (secondary N) is 3. The average Bonchev–Trinajstić information content (AvgIpc) is 3.19. The molecule has 2 unspecified atom stereocenters. The molecule has 1 aliphatic rings. The Hall–Kier alpha value is -3.00. The summed E-state index contributed by atoms with van der Waals surface area (Å²) < 4.78 is 0. The molecule has 0 radical (unpaired) electrons. The molecule has 5 N–H and O–H groups in total. The van der Waals surface area contributed by atoms with Crippen LogP contribution in [0, 0.1) is 6.92 Å². The van der Waals surface area contributed by atoms with Gasteiger partial charge >= 0.3 is 0 Å². The molecule has 7 nitrogen and oxygen atoms in total. The SMILES string of the molecule is CNC1(CCN(C)C)C=CC(Nc2nccc(-c3c[nH]c4c(C)cccc34)n2)=CC1N.